The second kappa shape index (κ2) is 7.43. The number of fused-ring (bicyclic) bond motifs is 1. The molecular formula is C22H20N2O5. The number of hydrogen-bond acceptors (Lipinski definition) is 5. The lowest BCUT2D eigenvalue weighted by atomic mass is 10.1. The molecule has 1 aromatic carbocycles. The molecule has 0 spiro atoms. The predicted molar refractivity (Wildman–Crippen MR) is 105 cm³/mol. The van der Waals surface area contributed by atoms with Crippen LogP contribution in [0.4, 0.5) is 5.69 Å². The average Bonchev–Trinajstić information content (AvgIpc) is 3.40. The van der Waals surface area contributed by atoms with Crippen molar-refractivity contribution in [2.75, 3.05) is 11.9 Å². The van der Waals surface area contributed by atoms with Crippen LogP contribution >= 0.6 is 0 Å². The molecule has 0 radical (unpaired) electrons. The van der Waals surface area contributed by atoms with Crippen molar-refractivity contribution in [3.05, 3.63) is 76.5 Å². The standard InChI is InChI=1S/C22H20N2O5/c1-13-8-18(14(2)24(13)11-17-4-3-7-28-17)22(27)29-12-20(25)15-5-6-19-16(9-15)10-21(26)23-19/h3-9H,10-12H2,1-2H3,(H,23,26). The molecule has 0 saturated heterocycles. The Bertz CT molecular complexity index is 1110. The van der Waals surface area contributed by atoms with Gasteiger partial charge in [0.05, 0.1) is 24.8 Å². The number of anilines is 1. The Morgan fingerprint density at radius 2 is 2.03 bits per heavy atom. The van der Waals surface area contributed by atoms with E-state index in [1.165, 1.54) is 0 Å². The van der Waals surface area contributed by atoms with Gasteiger partial charge in [0.2, 0.25) is 5.91 Å². The third-order valence-corrected chi connectivity index (χ3v) is 5.07. The van der Waals surface area contributed by atoms with E-state index < -0.39 is 5.97 Å². The Morgan fingerprint density at radius 1 is 1.21 bits per heavy atom. The summed E-state index contributed by atoms with van der Waals surface area (Å²) in [6.07, 6.45) is 1.85. The van der Waals surface area contributed by atoms with E-state index in [0.29, 0.717) is 23.4 Å². The number of rotatable bonds is 6. The summed E-state index contributed by atoms with van der Waals surface area (Å²) in [6.45, 7) is 3.89. The van der Waals surface area contributed by atoms with Gasteiger partial charge in [-0.2, -0.15) is 0 Å². The lowest BCUT2D eigenvalue weighted by Gasteiger charge is -2.08. The summed E-state index contributed by atoms with van der Waals surface area (Å²) >= 11 is 0. The first-order chi connectivity index (χ1) is 13.9. The number of ketones is 1. The molecule has 7 nitrogen and oxygen atoms in total. The molecule has 0 aliphatic carbocycles. The van der Waals surface area contributed by atoms with Crippen molar-refractivity contribution in [2.24, 2.45) is 0 Å². The average molecular weight is 392 g/mol. The van der Waals surface area contributed by atoms with Gasteiger partial charge in [-0.1, -0.05) is 0 Å². The number of nitrogens with zero attached hydrogens (tertiary/aromatic N) is 1. The molecule has 0 saturated carbocycles. The Kier molecular flexibility index (Phi) is 4.80. The molecular weight excluding hydrogens is 372 g/mol. The molecule has 1 aliphatic heterocycles. The summed E-state index contributed by atoms with van der Waals surface area (Å²) in [7, 11) is 0. The van der Waals surface area contributed by atoms with Crippen LogP contribution in [-0.4, -0.2) is 28.8 Å². The number of Topliss-reactive ketones (excluding diaryl/α,β-unsaturated/α-hetero) is 1. The van der Waals surface area contributed by atoms with E-state index in [9.17, 15) is 14.4 Å². The number of ether oxygens (including phenoxy) is 1. The molecule has 1 N–H and O–H groups in total. The summed E-state index contributed by atoms with van der Waals surface area (Å²) in [5, 5.41) is 2.72. The van der Waals surface area contributed by atoms with Gasteiger partial charge in [-0.05, 0) is 55.8 Å². The van der Waals surface area contributed by atoms with Gasteiger partial charge in [-0.25, -0.2) is 4.79 Å². The number of amides is 1. The number of furan rings is 1. The van der Waals surface area contributed by atoms with Crippen LogP contribution in [0.5, 0.6) is 0 Å². The van der Waals surface area contributed by atoms with Gasteiger partial charge in [0.25, 0.3) is 0 Å². The summed E-state index contributed by atoms with van der Waals surface area (Å²) in [4.78, 5) is 36.4. The normalized spacial score (nSPS) is 12.6. The first-order valence-electron chi connectivity index (χ1n) is 9.24. The fraction of sp³-hybridized carbons (Fsp3) is 0.227. The first-order valence-corrected chi connectivity index (χ1v) is 9.24. The van der Waals surface area contributed by atoms with Crippen LogP contribution < -0.4 is 5.32 Å². The number of esters is 1. The second-order valence-electron chi connectivity index (χ2n) is 7.05. The maximum atomic E-state index is 12.5. The van der Waals surface area contributed by atoms with Gasteiger partial charge in [0.1, 0.15) is 5.76 Å². The van der Waals surface area contributed by atoms with Gasteiger partial charge in [-0.3, -0.25) is 9.59 Å². The number of carbonyl (C=O) groups excluding carboxylic acids is 3. The smallest absolute Gasteiger partial charge is 0.340 e. The summed E-state index contributed by atoms with van der Waals surface area (Å²) in [5.74, 6) is -0.174. The summed E-state index contributed by atoms with van der Waals surface area (Å²) in [6, 6.07) is 10.4. The molecule has 4 rings (SSSR count). The molecule has 148 valence electrons. The molecule has 2 aromatic heterocycles. The van der Waals surface area contributed by atoms with Crippen LogP contribution in [0.2, 0.25) is 0 Å². The fourth-order valence-electron chi connectivity index (χ4n) is 3.50. The third-order valence-electron chi connectivity index (χ3n) is 5.07. The highest BCUT2D eigenvalue weighted by atomic mass is 16.5. The molecule has 3 aromatic rings. The molecule has 0 bridgehead atoms. The molecule has 3 heterocycles. The minimum Gasteiger partial charge on any atom is -0.467 e. The van der Waals surface area contributed by atoms with Crippen molar-refractivity contribution >= 4 is 23.3 Å². The molecule has 1 aliphatic rings. The zero-order valence-corrected chi connectivity index (χ0v) is 16.2. The quantitative estimate of drug-likeness (QED) is 0.514. The molecule has 29 heavy (non-hydrogen) atoms. The van der Waals surface area contributed by atoms with Gasteiger partial charge in [-0.15, -0.1) is 0 Å². The van der Waals surface area contributed by atoms with Crippen molar-refractivity contribution in [3.63, 3.8) is 0 Å². The Balaban J connectivity index is 1.43. The van der Waals surface area contributed by atoms with Crippen molar-refractivity contribution in [2.45, 2.75) is 26.8 Å². The Morgan fingerprint density at radius 3 is 2.79 bits per heavy atom. The molecule has 7 heteroatoms. The third kappa shape index (κ3) is 3.71. The van der Waals surface area contributed by atoms with E-state index >= 15 is 0 Å². The monoisotopic (exact) mass is 392 g/mol. The van der Waals surface area contributed by atoms with Crippen LogP contribution in [0.3, 0.4) is 0 Å². The van der Waals surface area contributed by atoms with E-state index in [2.05, 4.69) is 5.32 Å². The Labute approximate surface area is 167 Å². The largest absolute Gasteiger partial charge is 0.467 e. The number of carbonyl (C=O) groups is 3. The highest BCUT2D eigenvalue weighted by molar-refractivity contribution is 6.03. The van der Waals surface area contributed by atoms with Gasteiger partial charge >= 0.3 is 5.97 Å². The van der Waals surface area contributed by atoms with E-state index in [1.807, 2.05) is 30.5 Å². The van der Waals surface area contributed by atoms with E-state index in [4.69, 9.17) is 9.15 Å². The van der Waals surface area contributed by atoms with Crippen molar-refractivity contribution in [3.8, 4) is 0 Å². The minimum absolute atomic E-state index is 0.0964. The second-order valence-corrected chi connectivity index (χ2v) is 7.05. The maximum absolute atomic E-state index is 12.5. The number of benzene rings is 1. The van der Waals surface area contributed by atoms with Crippen LogP contribution in [0.1, 0.15) is 43.4 Å². The first kappa shape index (κ1) is 18.7. The predicted octanol–water partition coefficient (Wildman–Crippen LogP) is 3.28. The van der Waals surface area contributed by atoms with Crippen molar-refractivity contribution < 1.29 is 23.5 Å². The van der Waals surface area contributed by atoms with Crippen LogP contribution in [-0.2, 0) is 22.5 Å². The highest BCUT2D eigenvalue weighted by Crippen LogP contribution is 2.24. The molecule has 0 atom stereocenters. The lowest BCUT2D eigenvalue weighted by Crippen LogP contribution is -2.15. The zero-order valence-electron chi connectivity index (χ0n) is 16.2. The minimum atomic E-state index is -0.546. The summed E-state index contributed by atoms with van der Waals surface area (Å²) < 4.78 is 12.6. The van der Waals surface area contributed by atoms with Gasteiger partial charge < -0.3 is 19.0 Å². The van der Waals surface area contributed by atoms with Gasteiger partial charge in [0, 0.05) is 22.6 Å². The topological polar surface area (TPSA) is 90.5 Å². The van der Waals surface area contributed by atoms with Crippen molar-refractivity contribution in [1.29, 1.82) is 0 Å². The number of nitrogens with one attached hydrogen (secondary N) is 1. The van der Waals surface area contributed by atoms with E-state index in [-0.39, 0.29) is 24.7 Å². The Hall–Kier alpha value is -3.61. The van der Waals surface area contributed by atoms with Crippen LogP contribution in [0.25, 0.3) is 0 Å². The summed E-state index contributed by atoms with van der Waals surface area (Å²) in [5.41, 5.74) is 3.97. The molecule has 0 unspecified atom stereocenters. The maximum Gasteiger partial charge on any atom is 0.340 e. The lowest BCUT2D eigenvalue weighted by molar-refractivity contribution is -0.115. The molecule has 0 fully saturated rings. The molecule has 1 amide bonds. The van der Waals surface area contributed by atoms with Crippen molar-refractivity contribution in [1.82, 2.24) is 4.57 Å². The number of aromatic nitrogens is 1. The number of hydrogen-bond donors (Lipinski definition) is 1. The fourth-order valence-corrected chi connectivity index (χ4v) is 3.50. The SMILES string of the molecule is Cc1cc(C(=O)OCC(=O)c2ccc3c(c2)CC(=O)N3)c(C)n1Cc1ccco1. The highest BCUT2D eigenvalue weighted by Gasteiger charge is 2.21. The van der Waals surface area contributed by atoms with E-state index in [0.717, 1.165) is 22.7 Å². The number of aryl methyl sites for hydroxylation is 1. The van der Waals surface area contributed by atoms with Gasteiger partial charge in [0.15, 0.2) is 12.4 Å². The zero-order chi connectivity index (χ0) is 20.5. The van der Waals surface area contributed by atoms with E-state index in [1.54, 1.807) is 30.5 Å². The van der Waals surface area contributed by atoms with Crippen LogP contribution in [0.15, 0.2) is 47.1 Å². The van der Waals surface area contributed by atoms with Crippen LogP contribution in [0, 0.1) is 13.8 Å².